The zero-order chi connectivity index (χ0) is 15.7. The van der Waals surface area contributed by atoms with Crippen LogP contribution in [-0.4, -0.2) is 23.0 Å². The van der Waals surface area contributed by atoms with Crippen LogP contribution >= 0.6 is 0 Å². The molecule has 0 aliphatic carbocycles. The van der Waals surface area contributed by atoms with Crippen LogP contribution in [0.5, 0.6) is 11.5 Å². The van der Waals surface area contributed by atoms with Gasteiger partial charge < -0.3 is 14.8 Å². The first kappa shape index (κ1) is 14.8. The molecule has 0 saturated heterocycles. The second-order valence-electron chi connectivity index (χ2n) is 5.63. The topological polar surface area (TPSA) is 48.3 Å². The molecule has 1 unspecified atom stereocenters. The number of aromatic nitrogens is 2. The van der Waals surface area contributed by atoms with Gasteiger partial charge in [-0.05, 0) is 45.4 Å². The second kappa shape index (κ2) is 5.91. The van der Waals surface area contributed by atoms with E-state index < -0.39 is 0 Å². The third-order valence-corrected chi connectivity index (χ3v) is 4.11. The van der Waals surface area contributed by atoms with E-state index in [1.54, 1.807) is 0 Å². The molecule has 1 aromatic carbocycles. The standard InChI is InChI=1S/C17H23N3O2/c1-5-20-13(4)17(12(3)19-20)18-11(2)14-6-7-15-16(10-14)22-9-8-21-15/h6-7,10-11,18H,5,8-9H2,1-4H3. The van der Waals surface area contributed by atoms with Crippen molar-refractivity contribution >= 4 is 5.69 Å². The first-order valence-electron chi connectivity index (χ1n) is 7.80. The predicted octanol–water partition coefficient (Wildman–Crippen LogP) is 3.46. The molecule has 0 radical (unpaired) electrons. The maximum absolute atomic E-state index is 5.66. The van der Waals surface area contributed by atoms with E-state index in [-0.39, 0.29) is 6.04 Å². The first-order chi connectivity index (χ1) is 10.6. The minimum Gasteiger partial charge on any atom is -0.486 e. The molecule has 118 valence electrons. The van der Waals surface area contributed by atoms with Gasteiger partial charge in [0.2, 0.25) is 0 Å². The minimum absolute atomic E-state index is 0.169. The number of nitrogens with one attached hydrogen (secondary N) is 1. The van der Waals surface area contributed by atoms with Gasteiger partial charge in [0, 0.05) is 12.6 Å². The number of ether oxygens (including phenoxy) is 2. The quantitative estimate of drug-likeness (QED) is 0.939. The molecular formula is C17H23N3O2. The number of aryl methyl sites for hydroxylation is 2. The highest BCUT2D eigenvalue weighted by atomic mass is 16.6. The number of rotatable bonds is 4. The third-order valence-electron chi connectivity index (χ3n) is 4.11. The fourth-order valence-corrected chi connectivity index (χ4v) is 2.84. The largest absolute Gasteiger partial charge is 0.486 e. The van der Waals surface area contributed by atoms with Gasteiger partial charge in [-0.15, -0.1) is 0 Å². The molecule has 1 atom stereocenters. The van der Waals surface area contributed by atoms with Crippen LogP contribution < -0.4 is 14.8 Å². The minimum atomic E-state index is 0.169. The Balaban J connectivity index is 1.83. The number of benzene rings is 1. The summed E-state index contributed by atoms with van der Waals surface area (Å²) >= 11 is 0. The number of hydrogen-bond donors (Lipinski definition) is 1. The van der Waals surface area contributed by atoms with Crippen molar-refractivity contribution in [3.8, 4) is 11.5 Å². The van der Waals surface area contributed by atoms with Gasteiger partial charge in [0.1, 0.15) is 13.2 Å². The molecule has 1 N–H and O–H groups in total. The van der Waals surface area contributed by atoms with Crippen molar-refractivity contribution in [2.45, 2.75) is 40.3 Å². The second-order valence-corrected chi connectivity index (χ2v) is 5.63. The molecule has 0 fully saturated rings. The van der Waals surface area contributed by atoms with E-state index in [0.717, 1.165) is 29.4 Å². The summed E-state index contributed by atoms with van der Waals surface area (Å²) in [4.78, 5) is 0. The molecular weight excluding hydrogens is 278 g/mol. The lowest BCUT2D eigenvalue weighted by atomic mass is 10.1. The summed E-state index contributed by atoms with van der Waals surface area (Å²) < 4.78 is 13.3. The Morgan fingerprint density at radius 3 is 2.64 bits per heavy atom. The zero-order valence-corrected chi connectivity index (χ0v) is 13.6. The van der Waals surface area contributed by atoms with Crippen molar-refractivity contribution in [1.82, 2.24) is 9.78 Å². The van der Waals surface area contributed by atoms with E-state index in [0.29, 0.717) is 13.2 Å². The van der Waals surface area contributed by atoms with Gasteiger partial charge in [0.25, 0.3) is 0 Å². The van der Waals surface area contributed by atoms with Gasteiger partial charge >= 0.3 is 0 Å². The van der Waals surface area contributed by atoms with Crippen LogP contribution in [0.1, 0.15) is 36.8 Å². The summed E-state index contributed by atoms with van der Waals surface area (Å²) in [5.41, 5.74) is 4.49. The van der Waals surface area contributed by atoms with Crippen molar-refractivity contribution in [3.05, 3.63) is 35.2 Å². The maximum atomic E-state index is 5.66. The average molecular weight is 301 g/mol. The van der Waals surface area contributed by atoms with E-state index in [2.05, 4.69) is 43.3 Å². The Morgan fingerprint density at radius 1 is 1.23 bits per heavy atom. The monoisotopic (exact) mass is 301 g/mol. The Kier molecular flexibility index (Phi) is 3.96. The van der Waals surface area contributed by atoms with Gasteiger partial charge in [-0.2, -0.15) is 5.10 Å². The van der Waals surface area contributed by atoms with Crippen LogP contribution in [0.25, 0.3) is 0 Å². The van der Waals surface area contributed by atoms with Crippen molar-refractivity contribution in [2.75, 3.05) is 18.5 Å². The molecule has 0 saturated carbocycles. The van der Waals surface area contributed by atoms with E-state index in [9.17, 15) is 0 Å². The van der Waals surface area contributed by atoms with Gasteiger partial charge in [-0.25, -0.2) is 0 Å². The fourth-order valence-electron chi connectivity index (χ4n) is 2.84. The van der Waals surface area contributed by atoms with Gasteiger partial charge in [-0.3, -0.25) is 4.68 Å². The van der Waals surface area contributed by atoms with Crippen LogP contribution in [0.2, 0.25) is 0 Å². The lowest BCUT2D eigenvalue weighted by molar-refractivity contribution is 0.171. The molecule has 0 amide bonds. The van der Waals surface area contributed by atoms with Crippen LogP contribution in [0.3, 0.4) is 0 Å². The summed E-state index contributed by atoms with van der Waals surface area (Å²) in [5, 5.41) is 8.13. The Hall–Kier alpha value is -2.17. The van der Waals surface area contributed by atoms with Crippen molar-refractivity contribution in [3.63, 3.8) is 0 Å². The SMILES string of the molecule is CCn1nc(C)c(NC(C)c2ccc3c(c2)OCCO3)c1C. The predicted molar refractivity (Wildman–Crippen MR) is 86.8 cm³/mol. The van der Waals surface area contributed by atoms with Crippen LogP contribution in [-0.2, 0) is 6.54 Å². The summed E-state index contributed by atoms with van der Waals surface area (Å²) in [6, 6.07) is 6.29. The molecule has 2 heterocycles. The highest BCUT2D eigenvalue weighted by molar-refractivity contribution is 5.54. The molecule has 1 aliphatic heterocycles. The molecule has 3 rings (SSSR count). The molecule has 22 heavy (non-hydrogen) atoms. The van der Waals surface area contributed by atoms with E-state index in [1.807, 2.05) is 17.7 Å². The molecule has 0 spiro atoms. The fraction of sp³-hybridized carbons (Fsp3) is 0.471. The van der Waals surface area contributed by atoms with Crippen LogP contribution in [0, 0.1) is 13.8 Å². The Morgan fingerprint density at radius 2 is 1.95 bits per heavy atom. The number of fused-ring (bicyclic) bond motifs is 1. The molecule has 0 bridgehead atoms. The summed E-state index contributed by atoms with van der Waals surface area (Å²) in [6.45, 7) is 10.5. The molecule has 2 aromatic rings. The van der Waals surface area contributed by atoms with Crippen LogP contribution in [0.15, 0.2) is 18.2 Å². The van der Waals surface area contributed by atoms with Crippen molar-refractivity contribution in [1.29, 1.82) is 0 Å². The van der Waals surface area contributed by atoms with E-state index >= 15 is 0 Å². The van der Waals surface area contributed by atoms with Crippen molar-refractivity contribution < 1.29 is 9.47 Å². The highest BCUT2D eigenvalue weighted by Gasteiger charge is 2.17. The Bertz CT molecular complexity index is 679. The van der Waals surface area contributed by atoms with Crippen LogP contribution in [0.4, 0.5) is 5.69 Å². The highest BCUT2D eigenvalue weighted by Crippen LogP contribution is 2.34. The normalized spacial score (nSPS) is 14.7. The lowest BCUT2D eigenvalue weighted by Crippen LogP contribution is -2.16. The summed E-state index contributed by atoms with van der Waals surface area (Å²) in [5.74, 6) is 1.66. The molecule has 1 aliphatic rings. The average Bonchev–Trinajstić information content (AvgIpc) is 2.81. The summed E-state index contributed by atoms with van der Waals surface area (Å²) in [7, 11) is 0. The number of nitrogens with zero attached hydrogens (tertiary/aromatic N) is 2. The third kappa shape index (κ3) is 2.63. The molecule has 1 aromatic heterocycles. The van der Waals surface area contributed by atoms with Crippen molar-refractivity contribution in [2.24, 2.45) is 0 Å². The van der Waals surface area contributed by atoms with Gasteiger partial charge in [0.15, 0.2) is 11.5 Å². The molecule has 5 heteroatoms. The number of hydrogen-bond acceptors (Lipinski definition) is 4. The summed E-state index contributed by atoms with van der Waals surface area (Å²) in [6.07, 6.45) is 0. The van der Waals surface area contributed by atoms with E-state index in [1.165, 1.54) is 11.3 Å². The Labute approximate surface area is 131 Å². The zero-order valence-electron chi connectivity index (χ0n) is 13.6. The smallest absolute Gasteiger partial charge is 0.161 e. The van der Waals surface area contributed by atoms with Gasteiger partial charge in [0.05, 0.1) is 17.1 Å². The lowest BCUT2D eigenvalue weighted by Gasteiger charge is -2.21. The maximum Gasteiger partial charge on any atom is 0.161 e. The first-order valence-corrected chi connectivity index (χ1v) is 7.80. The number of anilines is 1. The van der Waals surface area contributed by atoms with Gasteiger partial charge in [-0.1, -0.05) is 6.07 Å². The molecule has 5 nitrogen and oxygen atoms in total. The van der Waals surface area contributed by atoms with E-state index in [4.69, 9.17) is 9.47 Å².